The summed E-state index contributed by atoms with van der Waals surface area (Å²) in [5, 5.41) is 3.06. The molecule has 19 heavy (non-hydrogen) atoms. The predicted molar refractivity (Wildman–Crippen MR) is 71.5 cm³/mol. The third-order valence-electron chi connectivity index (χ3n) is 3.83. The smallest absolute Gasteiger partial charge is 0.239 e. The molecule has 2 aliphatic rings. The molecule has 0 atom stereocenters. The van der Waals surface area contributed by atoms with Crippen LogP contribution < -0.4 is 16.0 Å². The topological polar surface area (TPSA) is 75.4 Å². The Balaban J connectivity index is 1.96. The minimum Gasteiger partial charge on any atom is -0.326 e. The number of fused-ring (bicyclic) bond motifs is 1. The summed E-state index contributed by atoms with van der Waals surface area (Å²) in [5.74, 6) is -0.237. The molecule has 3 rings (SSSR count). The monoisotopic (exact) mass is 259 g/mol. The number of imide groups is 1. The number of rotatable bonds is 2. The maximum absolute atomic E-state index is 12.3. The highest BCUT2D eigenvalue weighted by atomic mass is 16.2. The van der Waals surface area contributed by atoms with E-state index in [2.05, 4.69) is 5.32 Å². The molecule has 1 aromatic carbocycles. The second kappa shape index (κ2) is 4.75. The SMILES string of the molecule is NCc1ccc2c(c1)CCC(=O)N2C(=O)C1CNC1. The van der Waals surface area contributed by atoms with Crippen molar-refractivity contribution in [3.8, 4) is 0 Å². The lowest BCUT2D eigenvalue weighted by atomic mass is 9.95. The van der Waals surface area contributed by atoms with Crippen LogP contribution in [0.5, 0.6) is 0 Å². The van der Waals surface area contributed by atoms with E-state index in [0.717, 1.165) is 16.8 Å². The summed E-state index contributed by atoms with van der Waals surface area (Å²) in [7, 11) is 0. The normalized spacial score (nSPS) is 19.0. The van der Waals surface area contributed by atoms with Crippen LogP contribution in [0, 0.1) is 5.92 Å². The molecule has 100 valence electrons. The van der Waals surface area contributed by atoms with Crippen LogP contribution in [0.25, 0.3) is 0 Å². The molecule has 0 aliphatic carbocycles. The van der Waals surface area contributed by atoms with Gasteiger partial charge in [-0.3, -0.25) is 9.59 Å². The van der Waals surface area contributed by atoms with E-state index in [9.17, 15) is 9.59 Å². The van der Waals surface area contributed by atoms with Crippen molar-refractivity contribution in [1.29, 1.82) is 0 Å². The number of nitrogens with two attached hydrogens (primary N) is 1. The van der Waals surface area contributed by atoms with Gasteiger partial charge in [0.2, 0.25) is 11.8 Å². The number of amides is 2. The van der Waals surface area contributed by atoms with Gasteiger partial charge in [-0.05, 0) is 23.6 Å². The van der Waals surface area contributed by atoms with Crippen molar-refractivity contribution in [2.24, 2.45) is 11.7 Å². The van der Waals surface area contributed by atoms with Crippen LogP contribution in [-0.4, -0.2) is 24.9 Å². The largest absolute Gasteiger partial charge is 0.326 e. The van der Waals surface area contributed by atoms with E-state index in [1.807, 2.05) is 18.2 Å². The van der Waals surface area contributed by atoms with Crippen LogP contribution in [0.4, 0.5) is 5.69 Å². The summed E-state index contributed by atoms with van der Waals surface area (Å²) >= 11 is 0. The van der Waals surface area contributed by atoms with E-state index < -0.39 is 0 Å². The molecular formula is C14H17N3O2. The molecule has 3 N–H and O–H groups in total. The minimum absolute atomic E-state index is 0.0657. The highest BCUT2D eigenvalue weighted by Gasteiger charge is 2.36. The zero-order chi connectivity index (χ0) is 13.4. The third kappa shape index (κ3) is 2.05. The Morgan fingerprint density at radius 1 is 1.37 bits per heavy atom. The molecule has 1 saturated heterocycles. The van der Waals surface area contributed by atoms with E-state index in [0.29, 0.717) is 32.5 Å². The molecule has 1 aromatic rings. The number of hydrogen-bond acceptors (Lipinski definition) is 4. The molecule has 2 aliphatic heterocycles. The predicted octanol–water partition coefficient (Wildman–Crippen LogP) is 0.171. The van der Waals surface area contributed by atoms with Gasteiger partial charge in [0, 0.05) is 26.1 Å². The van der Waals surface area contributed by atoms with Crippen molar-refractivity contribution in [1.82, 2.24) is 5.32 Å². The minimum atomic E-state index is -0.0927. The average molecular weight is 259 g/mol. The molecule has 0 unspecified atom stereocenters. The number of nitrogens with zero attached hydrogens (tertiary/aromatic N) is 1. The van der Waals surface area contributed by atoms with Crippen molar-refractivity contribution in [3.05, 3.63) is 29.3 Å². The van der Waals surface area contributed by atoms with Crippen molar-refractivity contribution >= 4 is 17.5 Å². The quantitative estimate of drug-likeness (QED) is 0.742. The Kier molecular flexibility index (Phi) is 3.08. The molecule has 0 bridgehead atoms. The summed E-state index contributed by atoms with van der Waals surface area (Å²) in [4.78, 5) is 25.8. The Hall–Kier alpha value is -1.72. The summed E-state index contributed by atoms with van der Waals surface area (Å²) in [5.41, 5.74) is 8.45. The van der Waals surface area contributed by atoms with Crippen LogP contribution >= 0.6 is 0 Å². The zero-order valence-corrected chi connectivity index (χ0v) is 10.7. The molecule has 0 spiro atoms. The van der Waals surface area contributed by atoms with Gasteiger partial charge >= 0.3 is 0 Å². The number of benzene rings is 1. The van der Waals surface area contributed by atoms with E-state index in [1.165, 1.54) is 4.90 Å². The fourth-order valence-corrected chi connectivity index (χ4v) is 2.56. The van der Waals surface area contributed by atoms with Crippen molar-refractivity contribution < 1.29 is 9.59 Å². The van der Waals surface area contributed by atoms with Crippen LogP contribution in [0.15, 0.2) is 18.2 Å². The van der Waals surface area contributed by atoms with Crippen LogP contribution in [0.1, 0.15) is 17.5 Å². The highest BCUT2D eigenvalue weighted by molar-refractivity contribution is 6.17. The van der Waals surface area contributed by atoms with Gasteiger partial charge in [-0.15, -0.1) is 0 Å². The number of carbonyl (C=O) groups is 2. The fraction of sp³-hybridized carbons (Fsp3) is 0.429. The van der Waals surface area contributed by atoms with Gasteiger partial charge < -0.3 is 11.1 Å². The number of nitrogens with one attached hydrogen (secondary N) is 1. The van der Waals surface area contributed by atoms with E-state index in [1.54, 1.807) is 0 Å². The average Bonchev–Trinajstić information content (AvgIpc) is 2.35. The molecular weight excluding hydrogens is 242 g/mol. The first kappa shape index (κ1) is 12.3. The maximum atomic E-state index is 12.3. The number of carbonyl (C=O) groups excluding carboxylic acids is 2. The summed E-state index contributed by atoms with van der Waals surface area (Å²) in [6.07, 6.45) is 1.08. The molecule has 2 heterocycles. The zero-order valence-electron chi connectivity index (χ0n) is 10.7. The first-order chi connectivity index (χ1) is 9.20. The molecule has 5 nitrogen and oxygen atoms in total. The first-order valence-electron chi connectivity index (χ1n) is 6.60. The molecule has 0 radical (unpaired) electrons. The maximum Gasteiger partial charge on any atom is 0.239 e. The molecule has 1 fully saturated rings. The summed E-state index contributed by atoms with van der Waals surface area (Å²) in [6, 6.07) is 5.73. The van der Waals surface area contributed by atoms with Crippen molar-refractivity contribution in [3.63, 3.8) is 0 Å². The molecule has 2 amide bonds. The van der Waals surface area contributed by atoms with Gasteiger partial charge in [0.25, 0.3) is 0 Å². The van der Waals surface area contributed by atoms with Gasteiger partial charge in [0.1, 0.15) is 0 Å². The second-order valence-corrected chi connectivity index (χ2v) is 5.09. The van der Waals surface area contributed by atoms with E-state index in [4.69, 9.17) is 5.73 Å². The van der Waals surface area contributed by atoms with Gasteiger partial charge in [-0.1, -0.05) is 12.1 Å². The van der Waals surface area contributed by atoms with Crippen LogP contribution in [-0.2, 0) is 22.6 Å². The van der Waals surface area contributed by atoms with E-state index >= 15 is 0 Å². The molecule has 0 aromatic heterocycles. The van der Waals surface area contributed by atoms with Crippen molar-refractivity contribution in [2.75, 3.05) is 18.0 Å². The lowest BCUT2D eigenvalue weighted by molar-refractivity contribution is -0.130. The van der Waals surface area contributed by atoms with E-state index in [-0.39, 0.29) is 17.7 Å². The Morgan fingerprint density at radius 3 is 2.79 bits per heavy atom. The van der Waals surface area contributed by atoms with Crippen LogP contribution in [0.2, 0.25) is 0 Å². The lowest BCUT2D eigenvalue weighted by Gasteiger charge is -2.34. The lowest BCUT2D eigenvalue weighted by Crippen LogP contribution is -2.54. The van der Waals surface area contributed by atoms with Gasteiger partial charge in [-0.2, -0.15) is 0 Å². The fourth-order valence-electron chi connectivity index (χ4n) is 2.56. The Morgan fingerprint density at radius 2 is 2.16 bits per heavy atom. The molecule has 0 saturated carbocycles. The van der Waals surface area contributed by atoms with Crippen molar-refractivity contribution in [2.45, 2.75) is 19.4 Å². The summed E-state index contributed by atoms with van der Waals surface area (Å²) in [6.45, 7) is 1.80. The number of anilines is 1. The molecule has 5 heteroatoms. The first-order valence-corrected chi connectivity index (χ1v) is 6.60. The van der Waals surface area contributed by atoms with Gasteiger partial charge in [0.15, 0.2) is 0 Å². The standard InChI is InChI=1S/C14H17N3O2/c15-6-9-1-3-12-10(5-9)2-4-13(18)17(12)14(19)11-7-16-8-11/h1,3,5,11,16H,2,4,6-8,15H2. The second-order valence-electron chi connectivity index (χ2n) is 5.09. The third-order valence-corrected chi connectivity index (χ3v) is 3.83. The Bertz CT molecular complexity index is 537. The number of hydrogen-bond donors (Lipinski definition) is 2. The summed E-state index contributed by atoms with van der Waals surface area (Å²) < 4.78 is 0. The van der Waals surface area contributed by atoms with Crippen LogP contribution in [0.3, 0.4) is 0 Å². The highest BCUT2D eigenvalue weighted by Crippen LogP contribution is 2.30. The van der Waals surface area contributed by atoms with Gasteiger partial charge in [0.05, 0.1) is 11.6 Å². The van der Waals surface area contributed by atoms with Gasteiger partial charge in [-0.25, -0.2) is 4.90 Å². The Labute approximate surface area is 111 Å². The number of aryl methyl sites for hydroxylation is 1.